The highest BCUT2D eigenvalue weighted by molar-refractivity contribution is 7.10. The third-order valence-corrected chi connectivity index (χ3v) is 4.02. The molecule has 0 aliphatic heterocycles. The number of nitrogens with zero attached hydrogens (tertiary/aromatic N) is 3. The molecule has 0 aliphatic carbocycles. The van der Waals surface area contributed by atoms with E-state index in [1.165, 1.54) is 17.7 Å². The van der Waals surface area contributed by atoms with E-state index in [0.29, 0.717) is 17.4 Å². The van der Waals surface area contributed by atoms with Crippen LogP contribution >= 0.6 is 22.9 Å². The number of rotatable bonds is 5. The van der Waals surface area contributed by atoms with Gasteiger partial charge in [-0.05, 0) is 17.4 Å². The van der Waals surface area contributed by atoms with Gasteiger partial charge in [0, 0.05) is 13.0 Å². The molecule has 0 radical (unpaired) electrons. The molecule has 0 aliphatic rings. The van der Waals surface area contributed by atoms with Gasteiger partial charge >= 0.3 is 0 Å². The lowest BCUT2D eigenvalue weighted by molar-refractivity contribution is 0.177. The number of halogens is 1. The summed E-state index contributed by atoms with van der Waals surface area (Å²) in [4.78, 5) is 4.99. The lowest BCUT2D eigenvalue weighted by Gasteiger charge is -2.11. The lowest BCUT2D eigenvalue weighted by atomic mass is 10.2. The minimum absolute atomic E-state index is 0.437. The molecule has 18 heavy (non-hydrogen) atoms. The highest BCUT2D eigenvalue weighted by Gasteiger charge is 2.17. The second-order valence-corrected chi connectivity index (χ2v) is 5.96. The molecule has 1 atom stereocenters. The predicted molar refractivity (Wildman–Crippen MR) is 72.9 cm³/mol. The first kappa shape index (κ1) is 13.5. The standard InChI is InChI=1S/C12H16ClN3OS/c1-8(2)6-16-11(14-7-15-16)5-10(17)12-9(13)3-4-18-12/h3-4,7-8,10,17H,5-6H2,1-2H3. The van der Waals surface area contributed by atoms with Gasteiger partial charge in [0.25, 0.3) is 0 Å². The van der Waals surface area contributed by atoms with Crippen LogP contribution in [0.15, 0.2) is 17.8 Å². The Hall–Kier alpha value is -0.910. The third-order valence-electron chi connectivity index (χ3n) is 2.56. The summed E-state index contributed by atoms with van der Waals surface area (Å²) in [5, 5.41) is 16.8. The molecule has 0 fully saturated rings. The van der Waals surface area contributed by atoms with Crippen molar-refractivity contribution < 1.29 is 5.11 Å². The maximum absolute atomic E-state index is 10.2. The molecular weight excluding hydrogens is 270 g/mol. The molecular formula is C12H16ClN3OS. The molecule has 1 N–H and O–H groups in total. The Morgan fingerprint density at radius 1 is 1.50 bits per heavy atom. The van der Waals surface area contributed by atoms with Crippen LogP contribution in [-0.2, 0) is 13.0 Å². The Bertz CT molecular complexity index is 509. The molecule has 0 spiro atoms. The van der Waals surface area contributed by atoms with Crippen LogP contribution in [0.3, 0.4) is 0 Å². The van der Waals surface area contributed by atoms with Crippen LogP contribution in [0.5, 0.6) is 0 Å². The molecule has 0 amide bonds. The van der Waals surface area contributed by atoms with E-state index in [1.807, 2.05) is 10.1 Å². The van der Waals surface area contributed by atoms with Crippen molar-refractivity contribution in [2.75, 3.05) is 0 Å². The Kier molecular flexibility index (Phi) is 4.37. The third kappa shape index (κ3) is 3.10. The zero-order valence-electron chi connectivity index (χ0n) is 10.4. The lowest BCUT2D eigenvalue weighted by Crippen LogP contribution is -2.13. The molecule has 2 heterocycles. The maximum atomic E-state index is 10.2. The van der Waals surface area contributed by atoms with Crippen molar-refractivity contribution in [2.24, 2.45) is 5.92 Å². The first-order valence-corrected chi connectivity index (χ1v) is 7.11. The topological polar surface area (TPSA) is 50.9 Å². The Labute approximate surface area is 115 Å². The Morgan fingerprint density at radius 2 is 2.28 bits per heavy atom. The average molecular weight is 286 g/mol. The molecule has 0 bridgehead atoms. The zero-order chi connectivity index (χ0) is 13.1. The van der Waals surface area contributed by atoms with Gasteiger partial charge in [-0.2, -0.15) is 5.10 Å². The molecule has 0 saturated heterocycles. The van der Waals surface area contributed by atoms with E-state index >= 15 is 0 Å². The van der Waals surface area contributed by atoms with Crippen molar-refractivity contribution >= 4 is 22.9 Å². The summed E-state index contributed by atoms with van der Waals surface area (Å²) in [6, 6.07) is 1.80. The van der Waals surface area contributed by atoms with Gasteiger partial charge in [-0.3, -0.25) is 0 Å². The van der Waals surface area contributed by atoms with Crippen LogP contribution in [0.4, 0.5) is 0 Å². The summed E-state index contributed by atoms with van der Waals surface area (Å²) in [5.74, 6) is 1.29. The molecule has 4 nitrogen and oxygen atoms in total. The fourth-order valence-electron chi connectivity index (χ4n) is 1.75. The number of aliphatic hydroxyl groups is 1. The molecule has 0 aromatic carbocycles. The maximum Gasteiger partial charge on any atom is 0.138 e. The molecule has 2 aromatic rings. The van der Waals surface area contributed by atoms with E-state index in [9.17, 15) is 5.11 Å². The van der Waals surface area contributed by atoms with E-state index in [0.717, 1.165) is 17.2 Å². The van der Waals surface area contributed by atoms with Gasteiger partial charge in [-0.1, -0.05) is 25.4 Å². The number of aromatic nitrogens is 3. The fraction of sp³-hybridized carbons (Fsp3) is 0.500. The van der Waals surface area contributed by atoms with Crippen LogP contribution < -0.4 is 0 Å². The largest absolute Gasteiger partial charge is 0.387 e. The summed E-state index contributed by atoms with van der Waals surface area (Å²) in [6.07, 6.45) is 1.35. The Balaban J connectivity index is 2.10. The molecule has 1 unspecified atom stereocenters. The SMILES string of the molecule is CC(C)Cn1ncnc1CC(O)c1sccc1Cl. The number of thiophene rings is 1. The van der Waals surface area contributed by atoms with Gasteiger partial charge in [0.05, 0.1) is 16.0 Å². The van der Waals surface area contributed by atoms with Gasteiger partial charge in [-0.15, -0.1) is 11.3 Å². The minimum atomic E-state index is -0.618. The first-order valence-electron chi connectivity index (χ1n) is 5.85. The molecule has 98 valence electrons. The van der Waals surface area contributed by atoms with Crippen molar-refractivity contribution in [3.05, 3.63) is 33.5 Å². The summed E-state index contributed by atoms with van der Waals surface area (Å²) >= 11 is 7.47. The molecule has 0 saturated carbocycles. The van der Waals surface area contributed by atoms with Crippen molar-refractivity contribution in [3.8, 4) is 0 Å². The smallest absolute Gasteiger partial charge is 0.138 e. The van der Waals surface area contributed by atoms with Gasteiger partial charge in [0.2, 0.25) is 0 Å². The number of aliphatic hydroxyl groups excluding tert-OH is 1. The second kappa shape index (κ2) is 5.82. The second-order valence-electron chi connectivity index (χ2n) is 4.60. The number of hydrogen-bond donors (Lipinski definition) is 1. The highest BCUT2D eigenvalue weighted by Crippen LogP contribution is 2.30. The molecule has 6 heteroatoms. The van der Waals surface area contributed by atoms with Crippen molar-refractivity contribution in [1.82, 2.24) is 14.8 Å². The first-order chi connectivity index (χ1) is 8.58. The van der Waals surface area contributed by atoms with E-state index in [-0.39, 0.29) is 0 Å². The summed E-state index contributed by atoms with van der Waals surface area (Å²) < 4.78 is 1.84. The van der Waals surface area contributed by atoms with Gasteiger partial charge < -0.3 is 5.11 Å². The molecule has 2 aromatic heterocycles. The van der Waals surface area contributed by atoms with Gasteiger partial charge in [0.15, 0.2) is 0 Å². The summed E-state index contributed by atoms with van der Waals surface area (Å²) in [5.41, 5.74) is 0. The van der Waals surface area contributed by atoms with Gasteiger partial charge in [-0.25, -0.2) is 9.67 Å². The van der Waals surface area contributed by atoms with E-state index < -0.39 is 6.10 Å². The van der Waals surface area contributed by atoms with Crippen LogP contribution in [0.25, 0.3) is 0 Å². The fourth-order valence-corrected chi connectivity index (χ4v) is 2.92. The normalized spacial score (nSPS) is 13.2. The average Bonchev–Trinajstić information content (AvgIpc) is 2.88. The van der Waals surface area contributed by atoms with Crippen LogP contribution in [-0.4, -0.2) is 19.9 Å². The van der Waals surface area contributed by atoms with Gasteiger partial charge in [0.1, 0.15) is 12.2 Å². The highest BCUT2D eigenvalue weighted by atomic mass is 35.5. The Morgan fingerprint density at radius 3 is 2.89 bits per heavy atom. The van der Waals surface area contributed by atoms with E-state index in [2.05, 4.69) is 23.9 Å². The van der Waals surface area contributed by atoms with E-state index in [4.69, 9.17) is 11.6 Å². The predicted octanol–water partition coefficient (Wildman–Crippen LogP) is 2.93. The van der Waals surface area contributed by atoms with Crippen molar-refractivity contribution in [2.45, 2.75) is 32.9 Å². The van der Waals surface area contributed by atoms with E-state index in [1.54, 1.807) is 6.07 Å². The van der Waals surface area contributed by atoms with Crippen LogP contribution in [0.2, 0.25) is 5.02 Å². The quantitative estimate of drug-likeness (QED) is 0.919. The van der Waals surface area contributed by atoms with Crippen LogP contribution in [0, 0.1) is 5.92 Å². The monoisotopic (exact) mass is 285 g/mol. The van der Waals surface area contributed by atoms with Crippen molar-refractivity contribution in [1.29, 1.82) is 0 Å². The molecule has 2 rings (SSSR count). The zero-order valence-corrected chi connectivity index (χ0v) is 11.9. The minimum Gasteiger partial charge on any atom is -0.387 e. The van der Waals surface area contributed by atoms with Crippen molar-refractivity contribution in [3.63, 3.8) is 0 Å². The summed E-state index contributed by atoms with van der Waals surface area (Å²) in [6.45, 7) is 5.05. The number of hydrogen-bond acceptors (Lipinski definition) is 4. The summed E-state index contributed by atoms with van der Waals surface area (Å²) in [7, 11) is 0. The van der Waals surface area contributed by atoms with Crippen LogP contribution in [0.1, 0.15) is 30.7 Å².